The van der Waals surface area contributed by atoms with Crippen molar-refractivity contribution in [2.24, 2.45) is 0 Å². The van der Waals surface area contributed by atoms with Crippen molar-refractivity contribution in [3.63, 3.8) is 0 Å². The van der Waals surface area contributed by atoms with Gasteiger partial charge < -0.3 is 9.84 Å². The molecule has 0 spiro atoms. The van der Waals surface area contributed by atoms with E-state index in [0.717, 1.165) is 12.8 Å². The first kappa shape index (κ1) is 13.8. The van der Waals surface area contributed by atoms with E-state index in [0.29, 0.717) is 31.5 Å². The highest BCUT2D eigenvalue weighted by atomic mass is 19.1. The number of benzene rings is 1. The first-order valence-corrected chi connectivity index (χ1v) is 6.49. The average molecular weight is 267 g/mol. The van der Waals surface area contributed by atoms with E-state index in [-0.39, 0.29) is 12.2 Å². The number of ether oxygens (including phenoxy) is 1. The van der Waals surface area contributed by atoms with Crippen molar-refractivity contribution in [1.82, 2.24) is 4.90 Å². The van der Waals surface area contributed by atoms with Gasteiger partial charge in [-0.15, -0.1) is 0 Å². The summed E-state index contributed by atoms with van der Waals surface area (Å²) in [5, 5.41) is 8.70. The summed E-state index contributed by atoms with van der Waals surface area (Å²) in [5.74, 6) is -0.422. The molecule has 0 atom stereocenters. The number of nitrogens with zero attached hydrogens (tertiary/aromatic N) is 1. The van der Waals surface area contributed by atoms with E-state index in [2.05, 4.69) is 4.90 Å². The Morgan fingerprint density at radius 2 is 2.00 bits per heavy atom. The molecule has 0 unspecified atom stereocenters. The summed E-state index contributed by atoms with van der Waals surface area (Å²) >= 11 is 0. The molecule has 1 N–H and O–H groups in total. The standard InChI is InChI=1S/C14H18FNO3/c15-11-1-5-13(6-2-11)19-10-9-16(12-3-4-12)8-7-14(17)18/h1-2,5-6,12H,3-4,7-10H2,(H,17,18). The van der Waals surface area contributed by atoms with E-state index in [1.807, 2.05) is 0 Å². The number of rotatable bonds is 8. The number of carbonyl (C=O) groups is 1. The highest BCUT2D eigenvalue weighted by molar-refractivity contribution is 5.66. The Balaban J connectivity index is 1.72. The molecular weight excluding hydrogens is 249 g/mol. The Bertz CT molecular complexity index is 417. The van der Waals surface area contributed by atoms with Crippen LogP contribution in [0, 0.1) is 5.82 Å². The van der Waals surface area contributed by atoms with Crippen LogP contribution in [0.5, 0.6) is 5.75 Å². The maximum absolute atomic E-state index is 12.7. The fraction of sp³-hybridized carbons (Fsp3) is 0.500. The molecule has 1 aromatic rings. The van der Waals surface area contributed by atoms with E-state index in [9.17, 15) is 9.18 Å². The molecular formula is C14H18FNO3. The van der Waals surface area contributed by atoms with E-state index in [4.69, 9.17) is 9.84 Å². The lowest BCUT2D eigenvalue weighted by molar-refractivity contribution is -0.137. The molecule has 0 bridgehead atoms. The molecule has 5 heteroatoms. The number of hydrogen-bond donors (Lipinski definition) is 1. The Morgan fingerprint density at radius 1 is 1.32 bits per heavy atom. The fourth-order valence-corrected chi connectivity index (χ4v) is 1.97. The lowest BCUT2D eigenvalue weighted by Gasteiger charge is -2.21. The molecule has 0 heterocycles. The Kier molecular flexibility index (Phi) is 4.74. The number of aliphatic carboxylic acids is 1. The van der Waals surface area contributed by atoms with Crippen LogP contribution in [0.3, 0.4) is 0 Å². The molecule has 1 aliphatic carbocycles. The zero-order chi connectivity index (χ0) is 13.7. The minimum Gasteiger partial charge on any atom is -0.492 e. The van der Waals surface area contributed by atoms with Gasteiger partial charge in [0.15, 0.2) is 0 Å². The summed E-state index contributed by atoms with van der Waals surface area (Å²) in [5.41, 5.74) is 0. The van der Waals surface area contributed by atoms with Gasteiger partial charge in [0.25, 0.3) is 0 Å². The predicted molar refractivity (Wildman–Crippen MR) is 68.7 cm³/mol. The summed E-state index contributed by atoms with van der Waals surface area (Å²) in [4.78, 5) is 12.7. The number of carboxylic acids is 1. The molecule has 0 aromatic heterocycles. The van der Waals surface area contributed by atoms with Crippen LogP contribution < -0.4 is 4.74 Å². The monoisotopic (exact) mass is 267 g/mol. The van der Waals surface area contributed by atoms with Gasteiger partial charge in [0.05, 0.1) is 6.42 Å². The van der Waals surface area contributed by atoms with E-state index in [1.54, 1.807) is 12.1 Å². The summed E-state index contributed by atoms with van der Waals surface area (Å²) in [7, 11) is 0. The molecule has 0 saturated heterocycles. The number of halogens is 1. The maximum Gasteiger partial charge on any atom is 0.304 e. The third kappa shape index (κ3) is 4.87. The lowest BCUT2D eigenvalue weighted by atomic mass is 10.3. The van der Waals surface area contributed by atoms with Gasteiger partial charge in [0, 0.05) is 19.1 Å². The van der Waals surface area contributed by atoms with Crippen molar-refractivity contribution in [1.29, 1.82) is 0 Å². The van der Waals surface area contributed by atoms with Gasteiger partial charge in [-0.3, -0.25) is 9.69 Å². The number of hydrogen-bond acceptors (Lipinski definition) is 3. The van der Waals surface area contributed by atoms with E-state index in [1.165, 1.54) is 12.1 Å². The average Bonchev–Trinajstić information content (AvgIpc) is 3.20. The van der Waals surface area contributed by atoms with E-state index < -0.39 is 5.97 Å². The second-order valence-corrected chi connectivity index (χ2v) is 4.71. The highest BCUT2D eigenvalue weighted by Gasteiger charge is 2.28. The Hall–Kier alpha value is -1.62. The molecule has 0 amide bonds. The molecule has 19 heavy (non-hydrogen) atoms. The van der Waals surface area contributed by atoms with Gasteiger partial charge in [-0.25, -0.2) is 4.39 Å². The van der Waals surface area contributed by atoms with Gasteiger partial charge >= 0.3 is 5.97 Å². The van der Waals surface area contributed by atoms with Crippen LogP contribution in [0.4, 0.5) is 4.39 Å². The summed E-state index contributed by atoms with van der Waals surface area (Å²) in [6, 6.07) is 6.41. The molecule has 1 aliphatic rings. The first-order chi connectivity index (χ1) is 9.15. The first-order valence-electron chi connectivity index (χ1n) is 6.49. The van der Waals surface area contributed by atoms with Gasteiger partial charge in [-0.1, -0.05) is 0 Å². The zero-order valence-corrected chi connectivity index (χ0v) is 10.7. The third-order valence-electron chi connectivity index (χ3n) is 3.14. The maximum atomic E-state index is 12.7. The van der Waals surface area contributed by atoms with Crippen LogP contribution in [0.1, 0.15) is 19.3 Å². The van der Waals surface area contributed by atoms with E-state index >= 15 is 0 Å². The van der Waals surface area contributed by atoms with Crippen LogP contribution in [-0.4, -0.2) is 41.7 Å². The largest absolute Gasteiger partial charge is 0.492 e. The summed E-state index contributed by atoms with van der Waals surface area (Å²) in [6.45, 7) is 1.75. The van der Waals surface area contributed by atoms with Crippen molar-refractivity contribution in [3.05, 3.63) is 30.1 Å². The smallest absolute Gasteiger partial charge is 0.304 e. The van der Waals surface area contributed by atoms with Crippen LogP contribution in [-0.2, 0) is 4.79 Å². The lowest BCUT2D eigenvalue weighted by Crippen LogP contribution is -2.32. The van der Waals surface area contributed by atoms with Crippen molar-refractivity contribution < 1.29 is 19.0 Å². The van der Waals surface area contributed by atoms with Crippen LogP contribution in [0.25, 0.3) is 0 Å². The van der Waals surface area contributed by atoms with Gasteiger partial charge in [0.1, 0.15) is 18.2 Å². The molecule has 2 rings (SSSR count). The second-order valence-electron chi connectivity index (χ2n) is 4.71. The summed E-state index contributed by atoms with van der Waals surface area (Å²) in [6.07, 6.45) is 2.43. The molecule has 4 nitrogen and oxygen atoms in total. The van der Waals surface area contributed by atoms with Gasteiger partial charge in [0.2, 0.25) is 0 Å². The predicted octanol–water partition coefficient (Wildman–Crippen LogP) is 2.14. The highest BCUT2D eigenvalue weighted by Crippen LogP contribution is 2.26. The minimum absolute atomic E-state index is 0.160. The van der Waals surface area contributed by atoms with Crippen molar-refractivity contribution >= 4 is 5.97 Å². The molecule has 104 valence electrons. The van der Waals surface area contributed by atoms with Crippen LogP contribution >= 0.6 is 0 Å². The topological polar surface area (TPSA) is 49.8 Å². The van der Waals surface area contributed by atoms with Crippen LogP contribution in [0.15, 0.2) is 24.3 Å². The SMILES string of the molecule is O=C(O)CCN(CCOc1ccc(F)cc1)C1CC1. The summed E-state index contributed by atoms with van der Waals surface area (Å²) < 4.78 is 18.2. The van der Waals surface area contributed by atoms with Crippen molar-refractivity contribution in [2.75, 3.05) is 19.7 Å². The number of carboxylic acid groups (broad SMARTS) is 1. The van der Waals surface area contributed by atoms with Crippen molar-refractivity contribution in [3.8, 4) is 5.75 Å². The van der Waals surface area contributed by atoms with Crippen LogP contribution in [0.2, 0.25) is 0 Å². The molecule has 1 saturated carbocycles. The second kappa shape index (κ2) is 6.52. The molecule has 0 radical (unpaired) electrons. The van der Waals surface area contributed by atoms with Crippen molar-refractivity contribution in [2.45, 2.75) is 25.3 Å². The molecule has 1 fully saturated rings. The van der Waals surface area contributed by atoms with Gasteiger partial charge in [-0.2, -0.15) is 0 Å². The Morgan fingerprint density at radius 3 is 2.58 bits per heavy atom. The zero-order valence-electron chi connectivity index (χ0n) is 10.7. The normalized spacial score (nSPS) is 14.6. The quantitative estimate of drug-likeness (QED) is 0.784. The fourth-order valence-electron chi connectivity index (χ4n) is 1.97. The van der Waals surface area contributed by atoms with Gasteiger partial charge in [-0.05, 0) is 37.1 Å². The minimum atomic E-state index is -0.773. The third-order valence-corrected chi connectivity index (χ3v) is 3.14. The molecule has 0 aliphatic heterocycles. The molecule has 1 aromatic carbocycles. The Labute approximate surface area is 111 Å².